The summed E-state index contributed by atoms with van der Waals surface area (Å²) < 4.78 is 29.2. The second kappa shape index (κ2) is 7.45. The van der Waals surface area contributed by atoms with Crippen LogP contribution in [0.15, 0.2) is 24.5 Å². The topological polar surface area (TPSA) is 49.3 Å². The Balaban J connectivity index is 1.79. The van der Waals surface area contributed by atoms with Crippen LogP contribution in [0, 0.1) is 18.6 Å². The Morgan fingerprint density at radius 2 is 1.88 bits per heavy atom. The van der Waals surface area contributed by atoms with E-state index in [1.54, 1.807) is 24.8 Å². The number of halogens is 2. The van der Waals surface area contributed by atoms with E-state index in [-0.39, 0.29) is 23.2 Å². The molecule has 0 unspecified atom stereocenters. The molecular formula is C19H22F2N4O. The van der Waals surface area contributed by atoms with E-state index in [2.05, 4.69) is 14.9 Å². The SMILES string of the molecule is CC(=O)N1CCN(Cc2cc(F)c(-c3cc(C)ncn3)c(F)c2)[C@@H](C)C1. The van der Waals surface area contributed by atoms with Crippen LogP contribution in [-0.2, 0) is 11.3 Å². The molecule has 1 saturated heterocycles. The fourth-order valence-electron chi connectivity index (χ4n) is 3.30. The van der Waals surface area contributed by atoms with Gasteiger partial charge in [0.15, 0.2) is 0 Å². The molecular weight excluding hydrogens is 338 g/mol. The molecule has 3 rings (SSSR count). The van der Waals surface area contributed by atoms with Gasteiger partial charge < -0.3 is 4.90 Å². The summed E-state index contributed by atoms with van der Waals surface area (Å²) in [5.41, 5.74) is 1.32. The Morgan fingerprint density at radius 1 is 1.19 bits per heavy atom. The highest BCUT2D eigenvalue weighted by atomic mass is 19.1. The van der Waals surface area contributed by atoms with E-state index in [4.69, 9.17) is 0 Å². The molecule has 2 aromatic rings. The van der Waals surface area contributed by atoms with Crippen molar-refractivity contribution in [1.82, 2.24) is 19.8 Å². The number of hydrogen-bond donors (Lipinski definition) is 0. The lowest BCUT2D eigenvalue weighted by molar-refractivity contribution is -0.131. The monoisotopic (exact) mass is 360 g/mol. The molecule has 0 N–H and O–H groups in total. The summed E-state index contributed by atoms with van der Waals surface area (Å²) in [6.07, 6.45) is 1.30. The van der Waals surface area contributed by atoms with E-state index in [0.717, 1.165) is 0 Å². The Labute approximate surface area is 151 Å². The standard InChI is InChI=1S/C19H22F2N4O/c1-12-6-18(23-11-22-12)19-16(20)7-15(8-17(19)21)10-24-4-5-25(14(3)26)9-13(24)2/h6-8,11,13H,4-5,9-10H2,1-3H3/t13-/m0/s1. The zero-order chi connectivity index (χ0) is 18.8. The lowest BCUT2D eigenvalue weighted by atomic mass is 10.0. The van der Waals surface area contributed by atoms with Crippen molar-refractivity contribution in [2.45, 2.75) is 33.4 Å². The molecule has 0 bridgehead atoms. The van der Waals surface area contributed by atoms with Gasteiger partial charge in [-0.15, -0.1) is 0 Å². The van der Waals surface area contributed by atoms with Gasteiger partial charge in [0, 0.05) is 44.8 Å². The highest BCUT2D eigenvalue weighted by molar-refractivity contribution is 5.73. The summed E-state index contributed by atoms with van der Waals surface area (Å²) in [7, 11) is 0. The van der Waals surface area contributed by atoms with Gasteiger partial charge in [-0.3, -0.25) is 9.69 Å². The van der Waals surface area contributed by atoms with Crippen molar-refractivity contribution in [3.8, 4) is 11.3 Å². The molecule has 0 radical (unpaired) electrons. The third-order valence-electron chi connectivity index (χ3n) is 4.76. The van der Waals surface area contributed by atoms with Crippen molar-refractivity contribution in [3.63, 3.8) is 0 Å². The van der Waals surface area contributed by atoms with E-state index in [0.29, 0.717) is 37.4 Å². The number of benzene rings is 1. The summed E-state index contributed by atoms with van der Waals surface area (Å²) >= 11 is 0. The van der Waals surface area contributed by atoms with Crippen LogP contribution in [0.4, 0.5) is 8.78 Å². The molecule has 7 heteroatoms. The number of aryl methyl sites for hydroxylation is 1. The van der Waals surface area contributed by atoms with E-state index < -0.39 is 11.6 Å². The van der Waals surface area contributed by atoms with Crippen LogP contribution in [0.5, 0.6) is 0 Å². The Kier molecular flexibility index (Phi) is 5.27. The maximum atomic E-state index is 14.6. The minimum absolute atomic E-state index is 0.0538. The van der Waals surface area contributed by atoms with Gasteiger partial charge in [0.1, 0.15) is 18.0 Å². The van der Waals surface area contributed by atoms with Crippen LogP contribution in [0.2, 0.25) is 0 Å². The number of nitrogens with zero attached hydrogens (tertiary/aromatic N) is 4. The van der Waals surface area contributed by atoms with Gasteiger partial charge in [-0.05, 0) is 37.6 Å². The molecule has 2 heterocycles. The Hall–Kier alpha value is -2.41. The molecule has 26 heavy (non-hydrogen) atoms. The molecule has 5 nitrogen and oxygen atoms in total. The first kappa shape index (κ1) is 18.4. The van der Waals surface area contributed by atoms with Crippen LogP contribution in [0.3, 0.4) is 0 Å². The molecule has 138 valence electrons. The fraction of sp³-hybridized carbons (Fsp3) is 0.421. The van der Waals surface area contributed by atoms with Crippen LogP contribution in [-0.4, -0.2) is 51.4 Å². The normalized spacial score (nSPS) is 18.2. The number of rotatable bonds is 3. The van der Waals surface area contributed by atoms with E-state index in [1.165, 1.54) is 18.5 Å². The predicted molar refractivity (Wildman–Crippen MR) is 94.2 cm³/mol. The molecule has 0 spiro atoms. The van der Waals surface area contributed by atoms with E-state index >= 15 is 0 Å². The largest absolute Gasteiger partial charge is 0.340 e. The first-order valence-corrected chi connectivity index (χ1v) is 8.61. The first-order valence-electron chi connectivity index (χ1n) is 8.61. The number of carbonyl (C=O) groups is 1. The lowest BCUT2D eigenvalue weighted by Crippen LogP contribution is -2.52. The fourth-order valence-corrected chi connectivity index (χ4v) is 3.30. The summed E-state index contributed by atoms with van der Waals surface area (Å²) in [5, 5.41) is 0. The van der Waals surface area contributed by atoms with E-state index in [9.17, 15) is 13.6 Å². The van der Waals surface area contributed by atoms with E-state index in [1.807, 2.05) is 6.92 Å². The molecule has 1 aromatic heterocycles. The predicted octanol–water partition coefficient (Wildman–Crippen LogP) is 2.78. The van der Waals surface area contributed by atoms with Crippen molar-refractivity contribution in [2.75, 3.05) is 19.6 Å². The highest BCUT2D eigenvalue weighted by Crippen LogP contribution is 2.27. The lowest BCUT2D eigenvalue weighted by Gasteiger charge is -2.39. The van der Waals surface area contributed by atoms with Gasteiger partial charge in [0.2, 0.25) is 5.91 Å². The Morgan fingerprint density at radius 3 is 2.46 bits per heavy atom. The summed E-state index contributed by atoms with van der Waals surface area (Å²) in [6, 6.07) is 4.41. The van der Waals surface area contributed by atoms with Crippen molar-refractivity contribution >= 4 is 5.91 Å². The molecule has 0 aliphatic carbocycles. The zero-order valence-electron chi connectivity index (χ0n) is 15.2. The van der Waals surface area contributed by atoms with Gasteiger partial charge in [-0.2, -0.15) is 0 Å². The molecule has 1 aliphatic heterocycles. The summed E-state index contributed by atoms with van der Waals surface area (Å²) in [4.78, 5) is 23.3. The maximum absolute atomic E-state index is 14.6. The van der Waals surface area contributed by atoms with Crippen molar-refractivity contribution in [1.29, 1.82) is 0 Å². The third kappa shape index (κ3) is 3.88. The molecule has 0 saturated carbocycles. The highest BCUT2D eigenvalue weighted by Gasteiger charge is 2.25. The van der Waals surface area contributed by atoms with Crippen molar-refractivity contribution in [3.05, 3.63) is 47.4 Å². The van der Waals surface area contributed by atoms with Crippen LogP contribution in [0.25, 0.3) is 11.3 Å². The quantitative estimate of drug-likeness (QED) is 0.845. The van der Waals surface area contributed by atoms with Crippen molar-refractivity contribution < 1.29 is 13.6 Å². The van der Waals surface area contributed by atoms with Gasteiger partial charge >= 0.3 is 0 Å². The second-order valence-electron chi connectivity index (χ2n) is 6.76. The molecule has 1 aromatic carbocycles. The molecule has 1 atom stereocenters. The van der Waals surface area contributed by atoms with Crippen LogP contribution >= 0.6 is 0 Å². The molecule has 1 aliphatic rings. The van der Waals surface area contributed by atoms with Crippen LogP contribution < -0.4 is 0 Å². The maximum Gasteiger partial charge on any atom is 0.219 e. The smallest absolute Gasteiger partial charge is 0.219 e. The average Bonchev–Trinajstić information content (AvgIpc) is 2.56. The van der Waals surface area contributed by atoms with Crippen molar-refractivity contribution in [2.24, 2.45) is 0 Å². The van der Waals surface area contributed by atoms with Gasteiger partial charge in [-0.1, -0.05) is 0 Å². The first-order chi connectivity index (χ1) is 12.3. The van der Waals surface area contributed by atoms with Gasteiger partial charge in [-0.25, -0.2) is 18.7 Å². The molecule has 1 amide bonds. The third-order valence-corrected chi connectivity index (χ3v) is 4.76. The minimum atomic E-state index is -0.631. The van der Waals surface area contributed by atoms with Gasteiger partial charge in [0.25, 0.3) is 0 Å². The summed E-state index contributed by atoms with van der Waals surface area (Å²) in [5.74, 6) is -1.21. The number of amides is 1. The average molecular weight is 360 g/mol. The minimum Gasteiger partial charge on any atom is -0.340 e. The second-order valence-corrected chi connectivity index (χ2v) is 6.76. The number of carbonyl (C=O) groups excluding carboxylic acids is 1. The van der Waals surface area contributed by atoms with Gasteiger partial charge in [0.05, 0.1) is 11.3 Å². The number of hydrogen-bond acceptors (Lipinski definition) is 4. The Bertz CT molecular complexity index is 804. The molecule has 1 fully saturated rings. The zero-order valence-corrected chi connectivity index (χ0v) is 15.2. The number of piperazine rings is 1. The van der Waals surface area contributed by atoms with Crippen LogP contribution in [0.1, 0.15) is 25.1 Å². The summed E-state index contributed by atoms with van der Waals surface area (Å²) in [6.45, 7) is 7.68. The number of aromatic nitrogens is 2.